The Bertz CT molecular complexity index is 267. The number of hydrogen-bond donors (Lipinski definition) is 1. The van der Waals surface area contributed by atoms with Crippen LogP contribution in [-0.2, 0) is 4.79 Å². The van der Waals surface area contributed by atoms with Crippen LogP contribution in [0.15, 0.2) is 23.8 Å². The summed E-state index contributed by atoms with van der Waals surface area (Å²) in [6.07, 6.45) is 6.59. The Kier molecular flexibility index (Phi) is 7.35. The summed E-state index contributed by atoms with van der Waals surface area (Å²) in [6, 6.07) is 0. The number of ketones is 1. The Hall–Kier alpha value is -0.600. The van der Waals surface area contributed by atoms with Gasteiger partial charge in [-0.2, -0.15) is 0 Å². The van der Waals surface area contributed by atoms with Gasteiger partial charge in [0.2, 0.25) is 0 Å². The van der Waals surface area contributed by atoms with E-state index in [1.165, 1.54) is 0 Å². The molecule has 1 N–H and O–H groups in total. The Balaban J connectivity index is 4.04. The first-order valence-electron chi connectivity index (χ1n) is 5.54. The van der Waals surface area contributed by atoms with Crippen molar-refractivity contribution in [2.75, 3.05) is 0 Å². The molecule has 1 atom stereocenters. The molecular formula is C13H21ClO2. The molecule has 0 aromatic carbocycles. The van der Waals surface area contributed by atoms with Gasteiger partial charge in [-0.25, -0.2) is 0 Å². The molecule has 0 bridgehead atoms. The molecule has 0 aromatic rings. The predicted octanol–water partition coefficient (Wildman–Crippen LogP) is 3.59. The molecule has 92 valence electrons. The van der Waals surface area contributed by atoms with Crippen molar-refractivity contribution in [2.45, 2.75) is 51.6 Å². The number of allylic oxidation sites excluding steroid dienone is 2. The fraction of sp³-hybridized carbons (Fsp3) is 0.615. The van der Waals surface area contributed by atoms with Gasteiger partial charge in [-0.05, 0) is 33.1 Å². The van der Waals surface area contributed by atoms with E-state index in [4.69, 9.17) is 11.6 Å². The second kappa shape index (κ2) is 7.64. The van der Waals surface area contributed by atoms with Gasteiger partial charge in [-0.1, -0.05) is 23.8 Å². The molecule has 0 aliphatic carbocycles. The number of carbonyl (C=O) groups is 1. The predicted molar refractivity (Wildman–Crippen MR) is 68.5 cm³/mol. The van der Waals surface area contributed by atoms with E-state index in [0.29, 0.717) is 30.7 Å². The summed E-state index contributed by atoms with van der Waals surface area (Å²) in [4.78, 5) is 10.7. The topological polar surface area (TPSA) is 37.3 Å². The fourth-order valence-corrected chi connectivity index (χ4v) is 1.77. The fourth-order valence-electron chi connectivity index (χ4n) is 1.37. The van der Waals surface area contributed by atoms with E-state index in [9.17, 15) is 9.90 Å². The number of carbonyl (C=O) groups excluding carboxylic acids is 1. The normalized spacial score (nSPS) is 15.6. The minimum atomic E-state index is -0.794. The summed E-state index contributed by atoms with van der Waals surface area (Å²) in [5, 5.41) is 10.6. The number of halogens is 1. The van der Waals surface area contributed by atoms with Crippen LogP contribution >= 0.6 is 11.6 Å². The van der Waals surface area contributed by atoms with Crippen molar-refractivity contribution < 1.29 is 9.90 Å². The van der Waals surface area contributed by atoms with E-state index in [0.717, 1.165) is 6.42 Å². The van der Waals surface area contributed by atoms with Crippen molar-refractivity contribution in [1.82, 2.24) is 0 Å². The highest BCUT2D eigenvalue weighted by molar-refractivity contribution is 6.29. The van der Waals surface area contributed by atoms with Gasteiger partial charge in [-0.15, -0.1) is 6.58 Å². The second-order valence-corrected chi connectivity index (χ2v) is 4.88. The van der Waals surface area contributed by atoms with Gasteiger partial charge < -0.3 is 9.90 Å². The van der Waals surface area contributed by atoms with E-state index < -0.39 is 5.60 Å². The number of rotatable bonds is 8. The molecule has 3 heteroatoms. The summed E-state index contributed by atoms with van der Waals surface area (Å²) < 4.78 is 0. The molecule has 0 saturated carbocycles. The lowest BCUT2D eigenvalue weighted by Gasteiger charge is -2.22. The van der Waals surface area contributed by atoms with Crippen LogP contribution in [-0.4, -0.2) is 16.5 Å². The molecule has 0 heterocycles. The monoisotopic (exact) mass is 244 g/mol. The molecule has 1 unspecified atom stereocenters. The smallest absolute Gasteiger partial charge is 0.130 e. The Labute approximate surface area is 103 Å². The van der Waals surface area contributed by atoms with Crippen molar-refractivity contribution in [3.63, 3.8) is 0 Å². The molecule has 0 rings (SSSR count). The first kappa shape index (κ1) is 15.4. The van der Waals surface area contributed by atoms with Crippen molar-refractivity contribution in [3.05, 3.63) is 23.8 Å². The van der Waals surface area contributed by atoms with E-state index in [1.807, 2.05) is 6.08 Å². The summed E-state index contributed by atoms with van der Waals surface area (Å²) >= 11 is 5.99. The maximum Gasteiger partial charge on any atom is 0.130 e. The molecule has 2 nitrogen and oxygen atoms in total. The van der Waals surface area contributed by atoms with Gasteiger partial charge >= 0.3 is 0 Å². The lowest BCUT2D eigenvalue weighted by molar-refractivity contribution is -0.116. The first-order chi connectivity index (χ1) is 7.37. The minimum absolute atomic E-state index is 0.152. The lowest BCUT2D eigenvalue weighted by atomic mass is 9.95. The summed E-state index contributed by atoms with van der Waals surface area (Å²) in [6.45, 7) is 6.93. The highest BCUT2D eigenvalue weighted by Gasteiger charge is 2.20. The maximum atomic E-state index is 10.7. The summed E-state index contributed by atoms with van der Waals surface area (Å²) in [5.74, 6) is 0.152. The van der Waals surface area contributed by atoms with Crippen LogP contribution in [0.1, 0.15) is 46.0 Å². The molecule has 0 saturated heterocycles. The van der Waals surface area contributed by atoms with Gasteiger partial charge in [-0.3, -0.25) is 0 Å². The lowest BCUT2D eigenvalue weighted by Crippen LogP contribution is -2.23. The van der Waals surface area contributed by atoms with Crippen molar-refractivity contribution in [2.24, 2.45) is 0 Å². The standard InChI is InChI=1S/C13H21ClO2/c1-4-5-9-13(3,16)10-12(14)8-6-7-11(2)15/h4,8,16H,1,5-7,9-10H2,2-3H3/b12-8+. The third-order valence-electron chi connectivity index (χ3n) is 2.30. The minimum Gasteiger partial charge on any atom is -0.390 e. The van der Waals surface area contributed by atoms with Crippen LogP contribution in [0.4, 0.5) is 0 Å². The summed E-state index contributed by atoms with van der Waals surface area (Å²) in [7, 11) is 0. The van der Waals surface area contributed by atoms with Crippen LogP contribution in [0, 0.1) is 0 Å². The molecule has 16 heavy (non-hydrogen) atoms. The Morgan fingerprint density at radius 2 is 2.12 bits per heavy atom. The highest BCUT2D eigenvalue weighted by atomic mass is 35.5. The average Bonchev–Trinajstić information content (AvgIpc) is 2.13. The first-order valence-corrected chi connectivity index (χ1v) is 5.92. The van der Waals surface area contributed by atoms with E-state index in [1.54, 1.807) is 19.9 Å². The van der Waals surface area contributed by atoms with Gasteiger partial charge in [0, 0.05) is 17.9 Å². The molecule has 0 aromatic heterocycles. The number of aliphatic hydroxyl groups is 1. The van der Waals surface area contributed by atoms with Crippen molar-refractivity contribution in [1.29, 1.82) is 0 Å². The van der Waals surface area contributed by atoms with Gasteiger partial charge in [0.25, 0.3) is 0 Å². The number of Topliss-reactive ketones (excluding diaryl/α,β-unsaturated/α-hetero) is 1. The van der Waals surface area contributed by atoms with Crippen molar-refractivity contribution >= 4 is 17.4 Å². The van der Waals surface area contributed by atoms with Crippen LogP contribution in [0.5, 0.6) is 0 Å². The van der Waals surface area contributed by atoms with Crippen LogP contribution in [0.3, 0.4) is 0 Å². The molecule has 0 spiro atoms. The van der Waals surface area contributed by atoms with Crippen LogP contribution in [0.2, 0.25) is 0 Å². The third kappa shape index (κ3) is 8.69. The molecular weight excluding hydrogens is 224 g/mol. The van der Waals surface area contributed by atoms with Gasteiger partial charge in [0.05, 0.1) is 5.60 Å². The molecule has 0 aliphatic heterocycles. The molecule has 0 aliphatic rings. The Morgan fingerprint density at radius 1 is 1.50 bits per heavy atom. The number of hydrogen-bond acceptors (Lipinski definition) is 2. The Morgan fingerprint density at radius 3 is 2.62 bits per heavy atom. The summed E-state index contributed by atoms with van der Waals surface area (Å²) in [5.41, 5.74) is -0.794. The second-order valence-electron chi connectivity index (χ2n) is 4.39. The SMILES string of the molecule is C=CCCC(C)(O)C/C(Cl)=C\CCC(C)=O. The zero-order valence-corrected chi connectivity index (χ0v) is 10.9. The molecule has 0 fully saturated rings. The largest absolute Gasteiger partial charge is 0.390 e. The third-order valence-corrected chi connectivity index (χ3v) is 2.59. The van der Waals surface area contributed by atoms with Crippen molar-refractivity contribution in [3.8, 4) is 0 Å². The van der Waals surface area contributed by atoms with Gasteiger partial charge in [0.15, 0.2) is 0 Å². The molecule has 0 amide bonds. The average molecular weight is 245 g/mol. The zero-order valence-electron chi connectivity index (χ0n) is 10.1. The van der Waals surface area contributed by atoms with Crippen LogP contribution in [0.25, 0.3) is 0 Å². The molecule has 0 radical (unpaired) electrons. The van der Waals surface area contributed by atoms with E-state index >= 15 is 0 Å². The highest BCUT2D eigenvalue weighted by Crippen LogP contribution is 2.24. The van der Waals surface area contributed by atoms with E-state index in [2.05, 4.69) is 6.58 Å². The quantitative estimate of drug-likeness (QED) is 0.663. The van der Waals surface area contributed by atoms with Gasteiger partial charge in [0.1, 0.15) is 5.78 Å². The zero-order chi connectivity index (χ0) is 12.6. The van der Waals surface area contributed by atoms with Crippen LogP contribution < -0.4 is 0 Å². The maximum absolute atomic E-state index is 10.7. The van der Waals surface area contributed by atoms with E-state index in [-0.39, 0.29) is 5.78 Å².